The summed E-state index contributed by atoms with van der Waals surface area (Å²) in [7, 11) is 3.34. The first kappa shape index (κ1) is 14.7. The van der Waals surface area contributed by atoms with E-state index in [0.717, 1.165) is 25.3 Å². The molecule has 0 aliphatic rings. The minimum absolute atomic E-state index is 0.653. The molecule has 0 saturated carbocycles. The standard InChI is InChI=1S/C13H20N2O2S/c1-16-10-9-15-13(18)14-8-7-11-3-5-12(17-2)6-4-11/h3-6H,7-10H2,1-2H3,(H2,14,15,18). The molecule has 18 heavy (non-hydrogen) atoms. The first-order valence-electron chi connectivity index (χ1n) is 5.90. The Morgan fingerprint density at radius 1 is 1.11 bits per heavy atom. The van der Waals surface area contributed by atoms with Gasteiger partial charge >= 0.3 is 0 Å². The largest absolute Gasteiger partial charge is 0.497 e. The van der Waals surface area contributed by atoms with Gasteiger partial charge in [-0.1, -0.05) is 12.1 Å². The van der Waals surface area contributed by atoms with Crippen molar-refractivity contribution in [1.29, 1.82) is 0 Å². The Balaban J connectivity index is 2.18. The zero-order valence-electron chi connectivity index (χ0n) is 10.9. The minimum atomic E-state index is 0.653. The molecule has 0 unspecified atom stereocenters. The van der Waals surface area contributed by atoms with Gasteiger partial charge < -0.3 is 20.1 Å². The first-order valence-corrected chi connectivity index (χ1v) is 6.30. The van der Waals surface area contributed by atoms with Crippen LogP contribution in [0.15, 0.2) is 24.3 Å². The fourth-order valence-corrected chi connectivity index (χ4v) is 1.65. The van der Waals surface area contributed by atoms with Crippen molar-refractivity contribution in [2.75, 3.05) is 33.9 Å². The second-order valence-corrected chi connectivity index (χ2v) is 4.18. The quantitative estimate of drug-likeness (QED) is 0.577. The molecule has 1 rings (SSSR count). The maximum Gasteiger partial charge on any atom is 0.166 e. The summed E-state index contributed by atoms with van der Waals surface area (Å²) in [5.41, 5.74) is 1.25. The van der Waals surface area contributed by atoms with Crippen molar-refractivity contribution in [2.24, 2.45) is 0 Å². The summed E-state index contributed by atoms with van der Waals surface area (Å²) in [4.78, 5) is 0. The SMILES string of the molecule is COCCNC(=S)NCCc1ccc(OC)cc1. The second-order valence-electron chi connectivity index (χ2n) is 3.77. The average Bonchev–Trinajstić information content (AvgIpc) is 2.40. The maximum atomic E-state index is 5.12. The van der Waals surface area contributed by atoms with Crippen LogP contribution in [0.25, 0.3) is 0 Å². The van der Waals surface area contributed by atoms with Crippen LogP contribution in [0.3, 0.4) is 0 Å². The van der Waals surface area contributed by atoms with Crippen LogP contribution in [0, 0.1) is 0 Å². The van der Waals surface area contributed by atoms with Crippen molar-refractivity contribution in [2.45, 2.75) is 6.42 Å². The number of hydrogen-bond donors (Lipinski definition) is 2. The lowest BCUT2D eigenvalue weighted by Gasteiger charge is -2.10. The zero-order chi connectivity index (χ0) is 13.2. The van der Waals surface area contributed by atoms with E-state index in [9.17, 15) is 0 Å². The highest BCUT2D eigenvalue weighted by Crippen LogP contribution is 2.11. The molecule has 4 nitrogen and oxygen atoms in total. The number of hydrogen-bond acceptors (Lipinski definition) is 3. The highest BCUT2D eigenvalue weighted by Gasteiger charge is 1.97. The van der Waals surface area contributed by atoms with Gasteiger partial charge in [-0.05, 0) is 36.3 Å². The third kappa shape index (κ3) is 5.84. The van der Waals surface area contributed by atoms with Crippen molar-refractivity contribution in [3.05, 3.63) is 29.8 Å². The monoisotopic (exact) mass is 268 g/mol. The van der Waals surface area contributed by atoms with E-state index in [-0.39, 0.29) is 0 Å². The normalized spacial score (nSPS) is 9.89. The molecular weight excluding hydrogens is 248 g/mol. The molecule has 0 amide bonds. The molecule has 5 heteroatoms. The van der Waals surface area contributed by atoms with Gasteiger partial charge in [-0.15, -0.1) is 0 Å². The molecule has 0 aliphatic carbocycles. The summed E-state index contributed by atoms with van der Waals surface area (Å²) in [6.45, 7) is 2.19. The zero-order valence-corrected chi connectivity index (χ0v) is 11.7. The Kier molecular flexibility index (Phi) is 7.13. The van der Waals surface area contributed by atoms with Crippen molar-refractivity contribution in [3.63, 3.8) is 0 Å². The fourth-order valence-electron chi connectivity index (χ4n) is 1.44. The highest BCUT2D eigenvalue weighted by atomic mass is 32.1. The van der Waals surface area contributed by atoms with E-state index in [1.54, 1.807) is 14.2 Å². The van der Waals surface area contributed by atoms with Crippen LogP contribution >= 0.6 is 12.2 Å². The molecule has 0 aliphatic heterocycles. The van der Waals surface area contributed by atoms with Gasteiger partial charge in [0.15, 0.2) is 5.11 Å². The molecule has 0 spiro atoms. The number of benzene rings is 1. The Morgan fingerprint density at radius 2 is 1.78 bits per heavy atom. The molecule has 0 saturated heterocycles. The van der Waals surface area contributed by atoms with E-state index < -0.39 is 0 Å². The average molecular weight is 268 g/mol. The lowest BCUT2D eigenvalue weighted by Crippen LogP contribution is -2.37. The van der Waals surface area contributed by atoms with E-state index in [0.29, 0.717) is 11.7 Å². The van der Waals surface area contributed by atoms with E-state index in [2.05, 4.69) is 22.8 Å². The number of methoxy groups -OCH3 is 2. The molecular formula is C13H20N2O2S. The first-order chi connectivity index (χ1) is 8.76. The Labute approximate surface area is 114 Å². The van der Waals surface area contributed by atoms with Gasteiger partial charge in [-0.25, -0.2) is 0 Å². The second kappa shape index (κ2) is 8.72. The lowest BCUT2D eigenvalue weighted by atomic mass is 10.1. The number of thiocarbonyl (C=S) groups is 1. The molecule has 0 radical (unpaired) electrons. The molecule has 0 fully saturated rings. The van der Waals surface area contributed by atoms with Crippen molar-refractivity contribution in [3.8, 4) is 5.75 Å². The number of rotatable bonds is 7. The topological polar surface area (TPSA) is 42.5 Å². The third-order valence-corrected chi connectivity index (χ3v) is 2.74. The van der Waals surface area contributed by atoms with Crippen LogP contribution in [0.2, 0.25) is 0 Å². The van der Waals surface area contributed by atoms with E-state index in [4.69, 9.17) is 21.7 Å². The lowest BCUT2D eigenvalue weighted by molar-refractivity contribution is 0.204. The summed E-state index contributed by atoms with van der Waals surface area (Å²) in [5.74, 6) is 0.878. The van der Waals surface area contributed by atoms with E-state index >= 15 is 0 Å². The van der Waals surface area contributed by atoms with Gasteiger partial charge in [0.1, 0.15) is 5.75 Å². The summed E-state index contributed by atoms with van der Waals surface area (Å²) in [6.07, 6.45) is 0.927. The fraction of sp³-hybridized carbons (Fsp3) is 0.462. The molecule has 1 aromatic carbocycles. The number of ether oxygens (including phenoxy) is 2. The third-order valence-electron chi connectivity index (χ3n) is 2.45. The van der Waals surface area contributed by atoms with Crippen molar-refractivity contribution >= 4 is 17.3 Å². The van der Waals surface area contributed by atoms with Gasteiger partial charge in [-0.3, -0.25) is 0 Å². The summed E-state index contributed by atoms with van der Waals surface area (Å²) in [6, 6.07) is 8.04. The van der Waals surface area contributed by atoms with Crippen molar-refractivity contribution in [1.82, 2.24) is 10.6 Å². The molecule has 2 N–H and O–H groups in total. The molecule has 100 valence electrons. The number of nitrogens with one attached hydrogen (secondary N) is 2. The van der Waals surface area contributed by atoms with Crippen LogP contribution < -0.4 is 15.4 Å². The molecule has 0 aromatic heterocycles. The van der Waals surface area contributed by atoms with Crippen LogP contribution in [-0.4, -0.2) is 39.0 Å². The van der Waals surface area contributed by atoms with Gasteiger partial charge in [0.2, 0.25) is 0 Å². The van der Waals surface area contributed by atoms with Gasteiger partial charge in [-0.2, -0.15) is 0 Å². The Morgan fingerprint density at radius 3 is 2.39 bits per heavy atom. The summed E-state index contributed by atoms with van der Waals surface area (Å²) in [5, 5.41) is 6.88. The van der Waals surface area contributed by atoms with Gasteiger partial charge in [0.05, 0.1) is 13.7 Å². The predicted octanol–water partition coefficient (Wildman–Crippen LogP) is 1.35. The Hall–Kier alpha value is -1.33. The molecule has 0 bridgehead atoms. The van der Waals surface area contributed by atoms with Crippen LogP contribution in [0.1, 0.15) is 5.56 Å². The predicted molar refractivity (Wildman–Crippen MR) is 77.2 cm³/mol. The maximum absolute atomic E-state index is 5.12. The molecule has 0 heterocycles. The molecule has 0 atom stereocenters. The highest BCUT2D eigenvalue weighted by molar-refractivity contribution is 7.80. The van der Waals surface area contributed by atoms with E-state index in [1.165, 1.54) is 5.56 Å². The van der Waals surface area contributed by atoms with Gasteiger partial charge in [0.25, 0.3) is 0 Å². The van der Waals surface area contributed by atoms with Crippen LogP contribution in [-0.2, 0) is 11.2 Å². The van der Waals surface area contributed by atoms with Crippen molar-refractivity contribution < 1.29 is 9.47 Å². The van der Waals surface area contributed by atoms with Crippen LogP contribution in [0.5, 0.6) is 5.75 Å². The summed E-state index contributed by atoms with van der Waals surface area (Å²) >= 11 is 5.12. The van der Waals surface area contributed by atoms with Crippen LogP contribution in [0.4, 0.5) is 0 Å². The Bertz CT molecular complexity index is 355. The smallest absolute Gasteiger partial charge is 0.166 e. The van der Waals surface area contributed by atoms with E-state index in [1.807, 2.05) is 12.1 Å². The minimum Gasteiger partial charge on any atom is -0.497 e. The van der Waals surface area contributed by atoms with Gasteiger partial charge in [0, 0.05) is 20.2 Å². The summed E-state index contributed by atoms with van der Waals surface area (Å²) < 4.78 is 10.0. The molecule has 1 aromatic rings.